The summed E-state index contributed by atoms with van der Waals surface area (Å²) in [6.07, 6.45) is 0. The van der Waals surface area contributed by atoms with Crippen LogP contribution in [-0.4, -0.2) is 70.7 Å². The highest BCUT2D eigenvalue weighted by atomic mass is 16.5. The van der Waals surface area contributed by atoms with Crippen molar-refractivity contribution in [3.8, 4) is 5.75 Å². The lowest BCUT2D eigenvalue weighted by Crippen LogP contribution is -2.35. The third-order valence-corrected chi connectivity index (χ3v) is 5.51. The summed E-state index contributed by atoms with van der Waals surface area (Å²) in [7, 11) is 7.16. The minimum Gasteiger partial charge on any atom is -0.507 e. The molecule has 1 N–H and O–H groups in total. The minimum absolute atomic E-state index is 0.0862. The van der Waals surface area contributed by atoms with Crippen molar-refractivity contribution in [2.75, 3.05) is 34.3 Å². The van der Waals surface area contributed by atoms with Gasteiger partial charge in [0.15, 0.2) is 0 Å². The van der Waals surface area contributed by atoms with Gasteiger partial charge in [-0.25, -0.2) is 0 Å². The molecule has 0 spiro atoms. The van der Waals surface area contributed by atoms with Gasteiger partial charge in [0.05, 0.1) is 30.0 Å². The zero-order valence-corrected chi connectivity index (χ0v) is 18.3. The van der Waals surface area contributed by atoms with Crippen LogP contribution in [0.2, 0.25) is 0 Å². The maximum Gasteiger partial charge on any atom is 0.295 e. The molecule has 3 rings (SSSR count). The van der Waals surface area contributed by atoms with Crippen molar-refractivity contribution in [2.45, 2.75) is 19.9 Å². The van der Waals surface area contributed by atoms with E-state index in [4.69, 9.17) is 4.74 Å². The molecule has 0 aliphatic carbocycles. The Morgan fingerprint density at radius 1 is 1.20 bits per heavy atom. The van der Waals surface area contributed by atoms with Gasteiger partial charge in [0, 0.05) is 25.8 Å². The molecule has 30 heavy (non-hydrogen) atoms. The predicted molar refractivity (Wildman–Crippen MR) is 113 cm³/mol. The maximum atomic E-state index is 13.0. The molecule has 1 fully saturated rings. The van der Waals surface area contributed by atoms with Crippen LogP contribution in [0.25, 0.3) is 5.76 Å². The van der Waals surface area contributed by atoms with Crippen LogP contribution < -0.4 is 4.74 Å². The van der Waals surface area contributed by atoms with E-state index in [0.717, 1.165) is 11.3 Å². The van der Waals surface area contributed by atoms with Gasteiger partial charge in [-0.05, 0) is 45.6 Å². The molecule has 1 aliphatic heterocycles. The number of amides is 1. The normalized spacial score (nSPS) is 18.5. The van der Waals surface area contributed by atoms with Gasteiger partial charge in [0.2, 0.25) is 0 Å². The molecule has 2 aromatic rings. The van der Waals surface area contributed by atoms with Crippen LogP contribution in [0, 0.1) is 13.8 Å². The van der Waals surface area contributed by atoms with Gasteiger partial charge in [-0.1, -0.05) is 12.1 Å². The number of hydrogen-bond donors (Lipinski definition) is 1. The number of Topliss-reactive ketones (excluding diaryl/α,β-unsaturated/α-hetero) is 1. The quantitative estimate of drug-likeness (QED) is 0.444. The van der Waals surface area contributed by atoms with E-state index in [9.17, 15) is 14.7 Å². The second-order valence-corrected chi connectivity index (χ2v) is 7.74. The number of aromatic nitrogens is 2. The Labute approximate surface area is 176 Å². The zero-order valence-electron chi connectivity index (χ0n) is 18.3. The lowest BCUT2D eigenvalue weighted by molar-refractivity contribution is -0.140. The van der Waals surface area contributed by atoms with Gasteiger partial charge in [0.1, 0.15) is 11.5 Å². The molecule has 0 bridgehead atoms. The molecule has 0 radical (unpaired) electrons. The fraction of sp³-hybridized carbons (Fsp3) is 0.409. The Bertz CT molecular complexity index is 1000. The lowest BCUT2D eigenvalue weighted by atomic mass is 9.94. The number of ether oxygens (including phenoxy) is 1. The first-order valence-electron chi connectivity index (χ1n) is 9.75. The molecule has 1 atom stereocenters. The third-order valence-electron chi connectivity index (χ3n) is 5.51. The van der Waals surface area contributed by atoms with Crippen LogP contribution in [-0.2, 0) is 16.6 Å². The predicted octanol–water partition coefficient (Wildman–Crippen LogP) is 2.03. The number of carbonyl (C=O) groups is 2. The van der Waals surface area contributed by atoms with Crippen LogP contribution in [0.1, 0.15) is 28.6 Å². The highest BCUT2D eigenvalue weighted by molar-refractivity contribution is 6.46. The number of rotatable bonds is 6. The molecule has 0 saturated carbocycles. The highest BCUT2D eigenvalue weighted by Crippen LogP contribution is 2.40. The Morgan fingerprint density at radius 3 is 2.33 bits per heavy atom. The number of aryl methyl sites for hydroxylation is 2. The Balaban J connectivity index is 2.19. The summed E-state index contributed by atoms with van der Waals surface area (Å²) in [5, 5.41) is 15.5. The Kier molecular flexibility index (Phi) is 5.98. The van der Waals surface area contributed by atoms with Crippen molar-refractivity contribution < 1.29 is 19.4 Å². The fourth-order valence-electron chi connectivity index (χ4n) is 3.80. The van der Waals surface area contributed by atoms with E-state index in [-0.39, 0.29) is 11.3 Å². The molecule has 1 aliphatic rings. The van der Waals surface area contributed by atoms with Crippen LogP contribution in [0.3, 0.4) is 0 Å². The maximum absolute atomic E-state index is 13.0. The number of aliphatic hydroxyl groups excluding tert-OH is 1. The second-order valence-electron chi connectivity index (χ2n) is 7.74. The van der Waals surface area contributed by atoms with E-state index in [2.05, 4.69) is 5.10 Å². The van der Waals surface area contributed by atoms with Crippen molar-refractivity contribution in [2.24, 2.45) is 7.05 Å². The van der Waals surface area contributed by atoms with E-state index in [1.807, 2.05) is 38.1 Å². The van der Waals surface area contributed by atoms with Crippen LogP contribution in [0.4, 0.5) is 0 Å². The first-order chi connectivity index (χ1) is 14.2. The van der Waals surface area contributed by atoms with Gasteiger partial charge in [-0.2, -0.15) is 5.10 Å². The van der Waals surface area contributed by atoms with Gasteiger partial charge >= 0.3 is 0 Å². The summed E-state index contributed by atoms with van der Waals surface area (Å²) in [6.45, 7) is 4.53. The third kappa shape index (κ3) is 3.70. The second kappa shape index (κ2) is 8.31. The van der Waals surface area contributed by atoms with Gasteiger partial charge in [-0.15, -0.1) is 0 Å². The molecule has 0 unspecified atom stereocenters. The molecule has 8 nitrogen and oxygen atoms in total. The van der Waals surface area contributed by atoms with Gasteiger partial charge in [0.25, 0.3) is 11.7 Å². The molecular weight excluding hydrogens is 384 g/mol. The van der Waals surface area contributed by atoms with Crippen molar-refractivity contribution in [1.82, 2.24) is 19.6 Å². The SMILES string of the molecule is COc1ccc([C@H]2/C(=C(\O)c3c(C)nn(C)c3C)C(=O)C(=O)N2CCN(C)C)cc1. The summed E-state index contributed by atoms with van der Waals surface area (Å²) in [6, 6.07) is 6.50. The molecule has 2 heterocycles. The molecule has 1 aromatic carbocycles. The van der Waals surface area contributed by atoms with Crippen LogP contribution >= 0.6 is 0 Å². The fourth-order valence-corrected chi connectivity index (χ4v) is 3.80. The van der Waals surface area contributed by atoms with Crippen molar-refractivity contribution in [3.05, 3.63) is 52.4 Å². The molecule has 160 valence electrons. The number of hydrogen-bond acceptors (Lipinski definition) is 6. The number of likely N-dealkylation sites (N-methyl/N-ethyl adjacent to an activating group) is 1. The van der Waals surface area contributed by atoms with E-state index < -0.39 is 17.7 Å². The number of carbonyl (C=O) groups excluding carboxylic acids is 2. The van der Waals surface area contributed by atoms with Gasteiger partial charge in [-0.3, -0.25) is 14.3 Å². The lowest BCUT2D eigenvalue weighted by Gasteiger charge is -2.26. The summed E-state index contributed by atoms with van der Waals surface area (Å²) < 4.78 is 6.88. The number of likely N-dealkylation sites (tertiary alicyclic amines) is 1. The molecule has 1 amide bonds. The number of methoxy groups -OCH3 is 1. The topological polar surface area (TPSA) is 87.9 Å². The van der Waals surface area contributed by atoms with Crippen LogP contribution in [0.5, 0.6) is 5.75 Å². The molecular formula is C22H28N4O4. The number of nitrogens with zero attached hydrogens (tertiary/aromatic N) is 4. The molecule has 1 aromatic heterocycles. The minimum atomic E-state index is -0.685. The van der Waals surface area contributed by atoms with Crippen LogP contribution in [0.15, 0.2) is 29.8 Å². The summed E-state index contributed by atoms with van der Waals surface area (Å²) >= 11 is 0. The number of ketones is 1. The number of aliphatic hydroxyl groups is 1. The standard InChI is InChI=1S/C22H28N4O4/c1-13-17(14(2)25(5)23-13)20(27)18-19(15-7-9-16(30-6)10-8-15)26(12-11-24(3)4)22(29)21(18)28/h7-10,19,27H,11-12H2,1-6H3/b20-18+/t19-/m0/s1. The van der Waals surface area contributed by atoms with Crippen molar-refractivity contribution in [3.63, 3.8) is 0 Å². The monoisotopic (exact) mass is 412 g/mol. The Hall–Kier alpha value is -3.13. The largest absolute Gasteiger partial charge is 0.507 e. The number of benzene rings is 1. The first kappa shape index (κ1) is 21.6. The van der Waals surface area contributed by atoms with Crippen molar-refractivity contribution in [1.29, 1.82) is 0 Å². The average Bonchev–Trinajstić information content (AvgIpc) is 3.11. The Morgan fingerprint density at radius 2 is 1.83 bits per heavy atom. The molecule has 8 heteroatoms. The van der Waals surface area contributed by atoms with Crippen molar-refractivity contribution >= 4 is 17.4 Å². The zero-order chi connectivity index (χ0) is 22.2. The smallest absolute Gasteiger partial charge is 0.295 e. The van der Waals surface area contributed by atoms with Gasteiger partial charge < -0.3 is 19.6 Å². The molecule has 1 saturated heterocycles. The van der Waals surface area contributed by atoms with E-state index in [0.29, 0.717) is 30.1 Å². The summed E-state index contributed by atoms with van der Waals surface area (Å²) in [5.74, 6) is -0.819. The van der Waals surface area contributed by atoms with E-state index in [1.54, 1.807) is 37.9 Å². The summed E-state index contributed by atoms with van der Waals surface area (Å²) in [4.78, 5) is 29.4. The highest BCUT2D eigenvalue weighted by Gasteiger charge is 2.46. The van der Waals surface area contributed by atoms with E-state index in [1.165, 1.54) is 4.90 Å². The summed E-state index contributed by atoms with van der Waals surface area (Å²) in [5.41, 5.74) is 2.62. The van der Waals surface area contributed by atoms with E-state index >= 15 is 0 Å². The average molecular weight is 412 g/mol. The first-order valence-corrected chi connectivity index (χ1v) is 9.75.